The Kier molecular flexibility index (Phi) is 26.1. The van der Waals surface area contributed by atoms with Crippen molar-refractivity contribution >= 4 is 52.3 Å². The second kappa shape index (κ2) is 32.0. The SMILES string of the molecule is CCCCCCC1CCC(c2ccc(OC(=S)c3ccc(C(F)F)cc3)cc2)CC1.CCCCCCCC1CCC(c2ccc(OC(=S)c3ccc(C(F)F)cc3)cc2)CC1.O=C(S)c1ccc(C(F)F)cc1. The number of carbonyl (C=O) groups excluding carboxylic acids is 1. The lowest BCUT2D eigenvalue weighted by molar-refractivity contribution is 0.109. The second-order valence-corrected chi connectivity index (χ2v) is 20.6. The van der Waals surface area contributed by atoms with E-state index < -0.39 is 24.4 Å². The van der Waals surface area contributed by atoms with Gasteiger partial charge in [0, 0.05) is 33.4 Å². The van der Waals surface area contributed by atoms with Crippen LogP contribution in [-0.2, 0) is 0 Å². The average molecular weight is 1060 g/mol. The molecule has 2 aliphatic rings. The molecule has 5 aromatic carbocycles. The molecule has 0 atom stereocenters. The topological polar surface area (TPSA) is 35.5 Å². The van der Waals surface area contributed by atoms with Crippen molar-refractivity contribution in [1.29, 1.82) is 0 Å². The summed E-state index contributed by atoms with van der Waals surface area (Å²) in [7, 11) is 0. The fraction of sp³-hybridized carbons (Fsp3) is 0.459. The van der Waals surface area contributed by atoms with Crippen LogP contribution in [-0.4, -0.2) is 15.2 Å². The predicted octanol–water partition coefficient (Wildman–Crippen LogP) is 20.3. The summed E-state index contributed by atoms with van der Waals surface area (Å²) >= 11 is 14.2. The van der Waals surface area contributed by atoms with E-state index in [2.05, 4.69) is 50.7 Å². The number of hydrogen-bond acceptors (Lipinski definition) is 5. The molecule has 0 aliphatic heterocycles. The molecule has 394 valence electrons. The Bertz CT molecular complexity index is 2360. The summed E-state index contributed by atoms with van der Waals surface area (Å²) < 4.78 is 86.3. The first kappa shape index (κ1) is 59.4. The zero-order valence-electron chi connectivity index (χ0n) is 42.3. The first-order valence-corrected chi connectivity index (χ1v) is 27.5. The van der Waals surface area contributed by atoms with Crippen LogP contribution in [0.4, 0.5) is 26.3 Å². The highest BCUT2D eigenvalue weighted by atomic mass is 32.1. The molecule has 0 saturated heterocycles. The largest absolute Gasteiger partial charge is 0.445 e. The molecule has 2 aliphatic carbocycles. The zero-order valence-corrected chi connectivity index (χ0v) is 44.8. The molecule has 0 aromatic heterocycles. The van der Waals surface area contributed by atoms with Gasteiger partial charge in [-0.3, -0.25) is 4.79 Å². The van der Waals surface area contributed by atoms with E-state index in [4.69, 9.17) is 33.9 Å². The van der Waals surface area contributed by atoms with Crippen molar-refractivity contribution in [2.75, 3.05) is 0 Å². The van der Waals surface area contributed by atoms with E-state index in [9.17, 15) is 31.1 Å². The standard InChI is InChI=1S/C27H34F2OS.C26H32F2OS.C8H6F2OS/c1-2-3-4-5-6-7-20-8-10-21(11-9-20)22-16-18-25(19-17-22)30-27(31)24-14-12-23(13-15-24)26(28)29;1-2-3-4-5-6-19-7-9-20(10-8-19)21-15-17-24(18-16-21)29-26(30)23-13-11-22(12-14-23)25(27)28;9-7(10)5-1-3-6(4-2-5)8(11)12/h12-21,26H,2-11H2,1H3;11-20,25H,2-10H2,1H3;1-4,7H,(H,11,12). The highest BCUT2D eigenvalue weighted by molar-refractivity contribution is 7.97. The Balaban J connectivity index is 0.000000222. The Morgan fingerprint density at radius 3 is 1.05 bits per heavy atom. The van der Waals surface area contributed by atoms with Crippen LogP contribution in [0.3, 0.4) is 0 Å². The van der Waals surface area contributed by atoms with Crippen LogP contribution in [0, 0.1) is 11.8 Å². The summed E-state index contributed by atoms with van der Waals surface area (Å²) in [5.41, 5.74) is 4.23. The summed E-state index contributed by atoms with van der Waals surface area (Å²) in [5.74, 6) is 4.47. The number of unbranched alkanes of at least 4 members (excludes halogenated alkanes) is 7. The van der Waals surface area contributed by atoms with Crippen molar-refractivity contribution in [1.82, 2.24) is 0 Å². The number of halogens is 6. The van der Waals surface area contributed by atoms with Crippen LogP contribution >= 0.6 is 37.1 Å². The van der Waals surface area contributed by atoms with Crippen LogP contribution in [0.2, 0.25) is 0 Å². The Morgan fingerprint density at radius 2 is 0.753 bits per heavy atom. The highest BCUT2D eigenvalue weighted by Crippen LogP contribution is 2.40. The van der Waals surface area contributed by atoms with E-state index in [1.54, 1.807) is 24.3 Å². The molecule has 7 rings (SSSR count). The quantitative estimate of drug-likeness (QED) is 0.0343. The number of thiocarbonyl (C=S) groups is 2. The van der Waals surface area contributed by atoms with E-state index in [-0.39, 0.29) is 16.7 Å². The highest BCUT2D eigenvalue weighted by Gasteiger charge is 2.24. The lowest BCUT2D eigenvalue weighted by atomic mass is 9.77. The van der Waals surface area contributed by atoms with Crippen molar-refractivity contribution in [3.63, 3.8) is 0 Å². The van der Waals surface area contributed by atoms with E-state index in [0.29, 0.717) is 50.1 Å². The number of carbonyl (C=O) groups is 1. The van der Waals surface area contributed by atoms with Gasteiger partial charge in [-0.25, -0.2) is 26.3 Å². The van der Waals surface area contributed by atoms with Gasteiger partial charge in [0.15, 0.2) is 10.1 Å². The minimum atomic E-state index is -2.49. The summed E-state index contributed by atoms with van der Waals surface area (Å²) in [6.45, 7) is 4.53. The Labute approximate surface area is 446 Å². The molecular formula is C61H72F6O3S3. The molecule has 0 heterocycles. The van der Waals surface area contributed by atoms with Gasteiger partial charge in [-0.2, -0.15) is 0 Å². The smallest absolute Gasteiger partial charge is 0.263 e. The molecule has 3 nitrogen and oxygen atoms in total. The minimum absolute atomic E-state index is 0.0119. The Hall–Kier alpha value is -4.52. The van der Waals surface area contributed by atoms with Crippen LogP contribution in [0.25, 0.3) is 0 Å². The van der Waals surface area contributed by atoms with Gasteiger partial charge in [0.25, 0.3) is 19.3 Å². The van der Waals surface area contributed by atoms with Crippen molar-refractivity contribution in [3.8, 4) is 11.5 Å². The fourth-order valence-electron chi connectivity index (χ4n) is 9.71. The zero-order chi connectivity index (χ0) is 52.5. The molecule has 0 amide bonds. The van der Waals surface area contributed by atoms with Crippen molar-refractivity contribution < 1.29 is 40.6 Å². The van der Waals surface area contributed by atoms with E-state index >= 15 is 0 Å². The van der Waals surface area contributed by atoms with Crippen LogP contribution < -0.4 is 9.47 Å². The number of benzene rings is 5. The van der Waals surface area contributed by atoms with Crippen molar-refractivity contribution in [2.45, 2.75) is 167 Å². The Morgan fingerprint density at radius 1 is 0.452 bits per heavy atom. The minimum Gasteiger partial charge on any atom is -0.445 e. The van der Waals surface area contributed by atoms with E-state index in [1.807, 2.05) is 24.3 Å². The van der Waals surface area contributed by atoms with Crippen LogP contribution in [0.5, 0.6) is 11.5 Å². The third-order valence-corrected chi connectivity index (χ3v) is 15.1. The lowest BCUT2D eigenvalue weighted by Crippen LogP contribution is -2.13. The fourth-order valence-corrected chi connectivity index (χ4v) is 10.3. The summed E-state index contributed by atoms with van der Waals surface area (Å²) in [6.07, 6.45) is 18.1. The predicted molar refractivity (Wildman–Crippen MR) is 297 cm³/mol. The molecule has 2 saturated carbocycles. The van der Waals surface area contributed by atoms with Gasteiger partial charge in [-0.15, -0.1) is 12.6 Å². The number of thiol groups is 1. The molecule has 0 spiro atoms. The van der Waals surface area contributed by atoms with E-state index in [0.717, 1.165) is 11.8 Å². The maximum absolute atomic E-state index is 12.7. The van der Waals surface area contributed by atoms with Gasteiger partial charge in [-0.1, -0.05) is 157 Å². The number of alkyl halides is 6. The maximum Gasteiger partial charge on any atom is 0.263 e. The first-order valence-electron chi connectivity index (χ1n) is 26.3. The van der Waals surface area contributed by atoms with Gasteiger partial charge in [0.1, 0.15) is 11.5 Å². The summed E-state index contributed by atoms with van der Waals surface area (Å²) in [4.78, 5) is 10.6. The third-order valence-electron chi connectivity index (χ3n) is 14.2. The number of rotatable bonds is 21. The molecule has 0 bridgehead atoms. The van der Waals surface area contributed by atoms with Gasteiger partial charge >= 0.3 is 0 Å². The first-order chi connectivity index (χ1) is 35.2. The lowest BCUT2D eigenvalue weighted by Gasteiger charge is -2.29. The molecule has 5 aromatic rings. The second-order valence-electron chi connectivity index (χ2n) is 19.5. The molecule has 73 heavy (non-hydrogen) atoms. The van der Waals surface area contributed by atoms with Gasteiger partial charge in [0.2, 0.25) is 5.12 Å². The van der Waals surface area contributed by atoms with E-state index in [1.165, 1.54) is 182 Å². The summed E-state index contributed by atoms with van der Waals surface area (Å²) in [5, 5.41) is 0.177. The van der Waals surface area contributed by atoms with Gasteiger partial charge in [-0.05, 0) is 159 Å². The van der Waals surface area contributed by atoms with Crippen LogP contribution in [0.15, 0.2) is 121 Å². The van der Waals surface area contributed by atoms with Crippen molar-refractivity contribution in [2.24, 2.45) is 11.8 Å². The third kappa shape index (κ3) is 20.6. The molecule has 0 N–H and O–H groups in total. The summed E-state index contributed by atoms with van der Waals surface area (Å²) in [6, 6.07) is 33.4. The van der Waals surface area contributed by atoms with Crippen molar-refractivity contribution in [3.05, 3.63) is 166 Å². The normalized spacial score (nSPS) is 17.5. The molecular weight excluding hydrogens is 991 g/mol. The monoisotopic (exact) mass is 1060 g/mol. The van der Waals surface area contributed by atoms with Gasteiger partial charge < -0.3 is 9.47 Å². The molecule has 0 unspecified atom stereocenters. The van der Waals surface area contributed by atoms with Gasteiger partial charge in [0.05, 0.1) is 0 Å². The molecule has 12 heteroatoms. The molecule has 2 fully saturated rings. The average Bonchev–Trinajstić information content (AvgIpc) is 3.41. The number of ether oxygens (including phenoxy) is 2. The van der Waals surface area contributed by atoms with Crippen LogP contribution in [0.1, 0.15) is 216 Å². The maximum atomic E-state index is 12.7. The molecule has 0 radical (unpaired) electrons. The number of hydrogen-bond donors (Lipinski definition) is 1.